The molecule has 1 N–H and O–H groups in total. The Kier molecular flexibility index (Phi) is 4.48. The number of carboxylic acid groups (broad SMARTS) is 1. The van der Waals surface area contributed by atoms with Gasteiger partial charge in [0, 0.05) is 17.8 Å². The summed E-state index contributed by atoms with van der Waals surface area (Å²) in [6, 6.07) is 10.2. The van der Waals surface area contributed by atoms with Gasteiger partial charge in [-0.05, 0) is 35.9 Å². The molecule has 0 aliphatic carbocycles. The van der Waals surface area contributed by atoms with E-state index in [0.717, 1.165) is 17.5 Å². The van der Waals surface area contributed by atoms with Crippen molar-refractivity contribution in [1.82, 2.24) is 4.90 Å². The Morgan fingerprint density at radius 3 is 2.87 bits per heavy atom. The van der Waals surface area contributed by atoms with Gasteiger partial charge in [-0.3, -0.25) is 9.59 Å². The number of aliphatic carboxylic acids is 1. The Labute approximate surface area is 139 Å². The number of carbonyl (C=O) groups excluding carboxylic acids is 1. The third-order valence-corrected chi connectivity index (χ3v) is 5.19. The smallest absolute Gasteiger partial charge is 0.303 e. The number of carboxylic acids is 1. The highest BCUT2D eigenvalue weighted by Crippen LogP contribution is 2.38. The summed E-state index contributed by atoms with van der Waals surface area (Å²) in [5.74, 6) is -1.02. The Hall–Kier alpha value is -2.14. The molecule has 23 heavy (non-hydrogen) atoms. The minimum absolute atomic E-state index is 0.0527. The molecule has 0 spiro atoms. The maximum Gasteiger partial charge on any atom is 0.303 e. The molecule has 5 heteroatoms. The van der Waals surface area contributed by atoms with E-state index in [0.29, 0.717) is 6.54 Å². The van der Waals surface area contributed by atoms with E-state index in [1.165, 1.54) is 10.4 Å². The van der Waals surface area contributed by atoms with Crippen LogP contribution in [0.2, 0.25) is 0 Å². The van der Waals surface area contributed by atoms with Crippen LogP contribution < -0.4 is 0 Å². The molecule has 1 unspecified atom stereocenters. The topological polar surface area (TPSA) is 57.6 Å². The van der Waals surface area contributed by atoms with E-state index in [1.54, 1.807) is 11.3 Å². The zero-order valence-corrected chi connectivity index (χ0v) is 13.8. The van der Waals surface area contributed by atoms with Gasteiger partial charge in [-0.25, -0.2) is 0 Å². The zero-order chi connectivity index (χ0) is 16.4. The lowest BCUT2D eigenvalue weighted by Gasteiger charge is -2.36. The average Bonchev–Trinajstić information content (AvgIpc) is 3.00. The van der Waals surface area contributed by atoms with Gasteiger partial charge < -0.3 is 10.0 Å². The Balaban J connectivity index is 1.95. The van der Waals surface area contributed by atoms with E-state index >= 15 is 0 Å². The number of amides is 1. The predicted octanol–water partition coefficient (Wildman–Crippen LogP) is 3.40. The molecule has 0 radical (unpaired) electrons. The van der Waals surface area contributed by atoms with Crippen LogP contribution in [0.3, 0.4) is 0 Å². The van der Waals surface area contributed by atoms with E-state index in [-0.39, 0.29) is 24.8 Å². The fourth-order valence-electron chi connectivity index (χ4n) is 3.14. The summed E-state index contributed by atoms with van der Waals surface area (Å²) in [6.45, 7) is 2.68. The first kappa shape index (κ1) is 15.7. The van der Waals surface area contributed by atoms with E-state index < -0.39 is 5.97 Å². The van der Waals surface area contributed by atoms with Crippen molar-refractivity contribution in [3.8, 4) is 0 Å². The largest absolute Gasteiger partial charge is 0.481 e. The summed E-state index contributed by atoms with van der Waals surface area (Å²) < 4.78 is 0. The van der Waals surface area contributed by atoms with Gasteiger partial charge in [-0.1, -0.05) is 29.8 Å². The number of benzene rings is 1. The van der Waals surface area contributed by atoms with Crippen LogP contribution in [0.15, 0.2) is 35.7 Å². The molecule has 1 amide bonds. The van der Waals surface area contributed by atoms with Gasteiger partial charge in [-0.15, -0.1) is 11.3 Å². The van der Waals surface area contributed by atoms with Gasteiger partial charge in [0.25, 0.3) is 0 Å². The zero-order valence-electron chi connectivity index (χ0n) is 13.0. The van der Waals surface area contributed by atoms with Crippen molar-refractivity contribution in [1.29, 1.82) is 0 Å². The summed E-state index contributed by atoms with van der Waals surface area (Å²) in [5, 5.41) is 10.9. The molecule has 0 bridgehead atoms. The van der Waals surface area contributed by atoms with Crippen LogP contribution in [0, 0.1) is 6.92 Å². The van der Waals surface area contributed by atoms with Crippen LogP contribution >= 0.6 is 11.3 Å². The van der Waals surface area contributed by atoms with Crippen molar-refractivity contribution < 1.29 is 14.7 Å². The SMILES string of the molecule is Cc1cccc(C2c3ccsc3CCN2C(=O)CCC(=O)O)c1. The van der Waals surface area contributed by atoms with E-state index in [2.05, 4.69) is 17.5 Å². The highest BCUT2D eigenvalue weighted by atomic mass is 32.1. The van der Waals surface area contributed by atoms with Crippen LogP contribution in [0.5, 0.6) is 0 Å². The Morgan fingerprint density at radius 2 is 2.13 bits per heavy atom. The van der Waals surface area contributed by atoms with E-state index in [4.69, 9.17) is 5.11 Å². The lowest BCUT2D eigenvalue weighted by Crippen LogP contribution is -2.40. The van der Waals surface area contributed by atoms with Crippen molar-refractivity contribution in [2.75, 3.05) is 6.54 Å². The van der Waals surface area contributed by atoms with Crippen molar-refractivity contribution in [3.05, 3.63) is 57.3 Å². The van der Waals surface area contributed by atoms with Crippen molar-refractivity contribution >= 4 is 23.2 Å². The standard InChI is InChI=1S/C18H19NO3S/c1-12-3-2-4-13(11-12)18-14-8-10-23-15(14)7-9-19(18)16(20)5-6-17(21)22/h2-4,8,10-11,18H,5-7,9H2,1H3,(H,21,22). The first-order chi connectivity index (χ1) is 11.1. The average molecular weight is 329 g/mol. The first-order valence-electron chi connectivity index (χ1n) is 7.70. The molecule has 1 aromatic carbocycles. The first-order valence-corrected chi connectivity index (χ1v) is 8.58. The van der Waals surface area contributed by atoms with Gasteiger partial charge in [0.05, 0.1) is 12.5 Å². The van der Waals surface area contributed by atoms with Crippen LogP contribution in [-0.4, -0.2) is 28.4 Å². The van der Waals surface area contributed by atoms with Crippen LogP contribution in [0.4, 0.5) is 0 Å². The monoisotopic (exact) mass is 329 g/mol. The summed E-state index contributed by atoms with van der Waals surface area (Å²) >= 11 is 1.73. The number of hydrogen-bond acceptors (Lipinski definition) is 3. The molecular weight excluding hydrogens is 310 g/mol. The lowest BCUT2D eigenvalue weighted by atomic mass is 9.92. The third kappa shape index (κ3) is 3.29. The summed E-state index contributed by atoms with van der Waals surface area (Å²) in [5.41, 5.74) is 3.42. The third-order valence-electron chi connectivity index (χ3n) is 4.20. The molecule has 120 valence electrons. The van der Waals surface area contributed by atoms with Gasteiger partial charge in [0.1, 0.15) is 0 Å². The van der Waals surface area contributed by atoms with Gasteiger partial charge in [0.2, 0.25) is 5.91 Å². The van der Waals surface area contributed by atoms with Gasteiger partial charge >= 0.3 is 5.97 Å². The maximum atomic E-state index is 12.6. The van der Waals surface area contributed by atoms with Crippen LogP contribution in [0.25, 0.3) is 0 Å². The van der Waals surface area contributed by atoms with E-state index in [1.807, 2.05) is 30.0 Å². The molecule has 1 aromatic heterocycles. The molecule has 1 atom stereocenters. The minimum Gasteiger partial charge on any atom is -0.481 e. The van der Waals surface area contributed by atoms with Crippen molar-refractivity contribution in [3.63, 3.8) is 0 Å². The maximum absolute atomic E-state index is 12.6. The van der Waals surface area contributed by atoms with Crippen LogP contribution in [0.1, 0.15) is 40.5 Å². The molecule has 3 rings (SSSR count). The summed E-state index contributed by atoms with van der Waals surface area (Å²) in [7, 11) is 0. The van der Waals surface area contributed by atoms with E-state index in [9.17, 15) is 9.59 Å². The molecule has 1 aliphatic rings. The number of aryl methyl sites for hydroxylation is 1. The molecule has 0 saturated carbocycles. The Morgan fingerprint density at radius 1 is 1.30 bits per heavy atom. The second-order valence-corrected chi connectivity index (χ2v) is 6.85. The second-order valence-electron chi connectivity index (χ2n) is 5.85. The second kappa shape index (κ2) is 6.54. The fraction of sp³-hybridized carbons (Fsp3) is 0.333. The number of nitrogens with zero attached hydrogens (tertiary/aromatic N) is 1. The normalized spacial score (nSPS) is 16.9. The number of rotatable bonds is 4. The molecule has 0 saturated heterocycles. The minimum atomic E-state index is -0.932. The predicted molar refractivity (Wildman–Crippen MR) is 89.6 cm³/mol. The van der Waals surface area contributed by atoms with Crippen molar-refractivity contribution in [2.24, 2.45) is 0 Å². The quantitative estimate of drug-likeness (QED) is 0.935. The van der Waals surface area contributed by atoms with Gasteiger partial charge in [-0.2, -0.15) is 0 Å². The molecule has 0 fully saturated rings. The van der Waals surface area contributed by atoms with Gasteiger partial charge in [0.15, 0.2) is 0 Å². The summed E-state index contributed by atoms with van der Waals surface area (Å²) in [4.78, 5) is 26.5. The molecule has 4 nitrogen and oxygen atoms in total. The molecule has 1 aliphatic heterocycles. The fourth-order valence-corrected chi connectivity index (χ4v) is 4.05. The molecular formula is C18H19NO3S. The highest BCUT2D eigenvalue weighted by Gasteiger charge is 2.32. The number of carbonyl (C=O) groups is 2. The number of hydrogen-bond donors (Lipinski definition) is 1. The molecule has 2 aromatic rings. The summed E-state index contributed by atoms with van der Waals surface area (Å²) in [6.07, 6.45) is 0.775. The van der Waals surface area contributed by atoms with Crippen molar-refractivity contribution in [2.45, 2.75) is 32.2 Å². The molecule has 2 heterocycles. The highest BCUT2D eigenvalue weighted by molar-refractivity contribution is 7.10. The number of thiophene rings is 1. The lowest BCUT2D eigenvalue weighted by molar-refractivity contribution is -0.141. The van der Waals surface area contributed by atoms with Crippen LogP contribution in [-0.2, 0) is 16.0 Å². The number of fused-ring (bicyclic) bond motifs is 1. The Bertz CT molecular complexity index is 737.